The standard InChI is InChI=1S/C30H35BrN2O5S/c1-20(34)37-26-5-3-4-23(14-26)29-12-13-33(17-22-6-7-22)19-30(29,38-21(2)35)11-10-25(16-29)32-28(36)9-8-27-15-24(31)18-39-27/h3-5,8-9,14-15,18,22,25H,6-7,10-13,16-17,19H2,1-2H3,(H,32,36)/b9-8+/t25-,29+,30+/m1/s1. The number of hydrogen-bond donors (Lipinski definition) is 1. The first kappa shape index (κ1) is 28.1. The van der Waals surface area contributed by atoms with E-state index in [0.717, 1.165) is 40.3 Å². The van der Waals surface area contributed by atoms with E-state index in [2.05, 4.69) is 26.1 Å². The van der Waals surface area contributed by atoms with Gasteiger partial charge in [-0.05, 0) is 96.8 Å². The Labute approximate surface area is 242 Å². The minimum absolute atomic E-state index is 0.0896. The van der Waals surface area contributed by atoms with Crippen molar-refractivity contribution in [1.29, 1.82) is 0 Å². The first-order chi connectivity index (χ1) is 18.7. The molecule has 0 bridgehead atoms. The second-order valence-electron chi connectivity index (χ2n) is 11.2. The zero-order valence-corrected chi connectivity index (χ0v) is 24.8. The molecule has 1 aromatic heterocycles. The molecule has 1 amide bonds. The monoisotopic (exact) mass is 614 g/mol. The lowest BCUT2D eigenvalue weighted by Gasteiger charge is -2.59. The molecule has 2 heterocycles. The van der Waals surface area contributed by atoms with Crippen LogP contribution in [0.15, 0.2) is 46.3 Å². The topological polar surface area (TPSA) is 84.9 Å². The van der Waals surface area contributed by atoms with E-state index in [9.17, 15) is 14.4 Å². The zero-order chi connectivity index (χ0) is 27.6. The highest BCUT2D eigenvalue weighted by Crippen LogP contribution is 2.54. The summed E-state index contributed by atoms with van der Waals surface area (Å²) >= 11 is 5.01. The van der Waals surface area contributed by atoms with Gasteiger partial charge >= 0.3 is 11.9 Å². The van der Waals surface area contributed by atoms with Crippen molar-refractivity contribution >= 4 is 51.2 Å². The van der Waals surface area contributed by atoms with E-state index in [-0.39, 0.29) is 23.9 Å². The first-order valence-electron chi connectivity index (χ1n) is 13.6. The van der Waals surface area contributed by atoms with E-state index in [4.69, 9.17) is 9.47 Å². The van der Waals surface area contributed by atoms with Crippen molar-refractivity contribution in [1.82, 2.24) is 10.2 Å². The fraction of sp³-hybridized carbons (Fsp3) is 0.500. The number of halogens is 1. The quantitative estimate of drug-likeness (QED) is 0.241. The number of hydrogen-bond acceptors (Lipinski definition) is 7. The van der Waals surface area contributed by atoms with E-state index in [1.807, 2.05) is 35.7 Å². The molecule has 5 rings (SSSR count). The van der Waals surface area contributed by atoms with Crippen molar-refractivity contribution in [2.75, 3.05) is 19.6 Å². The van der Waals surface area contributed by atoms with E-state index in [0.29, 0.717) is 31.6 Å². The van der Waals surface area contributed by atoms with E-state index in [1.54, 1.807) is 23.5 Å². The number of esters is 2. The van der Waals surface area contributed by atoms with Crippen LogP contribution in [0.1, 0.15) is 62.8 Å². The number of nitrogens with one attached hydrogen (secondary N) is 1. The van der Waals surface area contributed by atoms with Crippen LogP contribution in [-0.2, 0) is 24.5 Å². The largest absolute Gasteiger partial charge is 0.457 e. The summed E-state index contributed by atoms with van der Waals surface area (Å²) in [6.07, 6.45) is 8.68. The lowest BCUT2D eigenvalue weighted by atomic mass is 9.55. The molecule has 7 nitrogen and oxygen atoms in total. The predicted molar refractivity (Wildman–Crippen MR) is 155 cm³/mol. The summed E-state index contributed by atoms with van der Waals surface area (Å²) in [6, 6.07) is 9.50. The smallest absolute Gasteiger partial charge is 0.308 e. The number of piperidine rings is 1. The third-order valence-electron chi connectivity index (χ3n) is 8.23. The molecule has 0 unspecified atom stereocenters. The average molecular weight is 616 g/mol. The fourth-order valence-electron chi connectivity index (χ4n) is 6.48. The van der Waals surface area contributed by atoms with Crippen molar-refractivity contribution in [3.05, 3.63) is 56.7 Å². The Morgan fingerprint density at radius 3 is 2.67 bits per heavy atom. The Morgan fingerprint density at radius 2 is 1.97 bits per heavy atom. The lowest BCUT2D eigenvalue weighted by molar-refractivity contribution is -0.187. The maximum absolute atomic E-state index is 12.9. The molecule has 9 heteroatoms. The molecule has 3 fully saturated rings. The number of thiophene rings is 1. The molecule has 2 saturated carbocycles. The Bertz CT molecular complexity index is 1270. The summed E-state index contributed by atoms with van der Waals surface area (Å²) in [5, 5.41) is 5.20. The number of amides is 1. The van der Waals surface area contributed by atoms with Gasteiger partial charge in [0, 0.05) is 59.2 Å². The normalized spacial score (nSPS) is 27.1. The average Bonchev–Trinajstić information content (AvgIpc) is 3.59. The van der Waals surface area contributed by atoms with Crippen LogP contribution < -0.4 is 10.1 Å². The van der Waals surface area contributed by atoms with Gasteiger partial charge < -0.3 is 14.8 Å². The van der Waals surface area contributed by atoms with E-state index < -0.39 is 11.0 Å². The van der Waals surface area contributed by atoms with Crippen LogP contribution in [0.4, 0.5) is 0 Å². The van der Waals surface area contributed by atoms with Gasteiger partial charge in [-0.15, -0.1) is 11.3 Å². The van der Waals surface area contributed by atoms with Crippen LogP contribution in [0.5, 0.6) is 5.75 Å². The van der Waals surface area contributed by atoms with Gasteiger partial charge in [0.05, 0.1) is 0 Å². The van der Waals surface area contributed by atoms with Gasteiger partial charge in [0.1, 0.15) is 11.4 Å². The molecule has 1 aromatic carbocycles. The molecule has 39 heavy (non-hydrogen) atoms. The molecule has 3 atom stereocenters. The van der Waals surface area contributed by atoms with Gasteiger partial charge in [0.2, 0.25) is 5.91 Å². The number of fused-ring (bicyclic) bond motifs is 1. The number of nitrogens with zero attached hydrogens (tertiary/aromatic N) is 1. The first-order valence-corrected chi connectivity index (χ1v) is 15.3. The van der Waals surface area contributed by atoms with Crippen molar-refractivity contribution in [3.63, 3.8) is 0 Å². The molecule has 2 aliphatic carbocycles. The number of benzene rings is 1. The summed E-state index contributed by atoms with van der Waals surface area (Å²) in [7, 11) is 0. The zero-order valence-electron chi connectivity index (χ0n) is 22.4. The molecular formula is C30H35BrN2O5S. The molecule has 1 saturated heterocycles. The molecule has 2 aromatic rings. The molecule has 1 N–H and O–H groups in total. The van der Waals surface area contributed by atoms with Crippen molar-refractivity contribution < 1.29 is 23.9 Å². The maximum Gasteiger partial charge on any atom is 0.308 e. The second kappa shape index (κ2) is 11.6. The van der Waals surface area contributed by atoms with Gasteiger partial charge in [-0.1, -0.05) is 12.1 Å². The molecule has 208 valence electrons. The Balaban J connectivity index is 1.45. The summed E-state index contributed by atoms with van der Waals surface area (Å²) in [6.45, 7) is 5.44. The van der Waals surface area contributed by atoms with Crippen LogP contribution in [-0.4, -0.2) is 54.0 Å². The summed E-state index contributed by atoms with van der Waals surface area (Å²) in [4.78, 5) is 40.7. The number of rotatable bonds is 8. The van der Waals surface area contributed by atoms with E-state index in [1.165, 1.54) is 26.7 Å². The fourth-order valence-corrected chi connectivity index (χ4v) is 7.81. The van der Waals surface area contributed by atoms with Gasteiger partial charge in [-0.25, -0.2) is 0 Å². The minimum atomic E-state index is -0.735. The van der Waals surface area contributed by atoms with Gasteiger partial charge in [0.15, 0.2) is 0 Å². The summed E-state index contributed by atoms with van der Waals surface area (Å²) < 4.78 is 12.8. The highest BCUT2D eigenvalue weighted by Gasteiger charge is 2.61. The van der Waals surface area contributed by atoms with Crippen LogP contribution in [0, 0.1) is 5.92 Å². The summed E-state index contributed by atoms with van der Waals surface area (Å²) in [5.41, 5.74) is -0.291. The maximum atomic E-state index is 12.9. The van der Waals surface area contributed by atoms with Crippen molar-refractivity contribution in [2.24, 2.45) is 5.92 Å². The van der Waals surface area contributed by atoms with Crippen LogP contribution in [0.2, 0.25) is 0 Å². The number of carbonyl (C=O) groups excluding carboxylic acids is 3. The third-order valence-corrected chi connectivity index (χ3v) is 9.89. The van der Waals surface area contributed by atoms with E-state index >= 15 is 0 Å². The lowest BCUT2D eigenvalue weighted by Crippen LogP contribution is -2.68. The predicted octanol–water partition coefficient (Wildman–Crippen LogP) is 5.47. The molecule has 3 aliphatic rings. The third kappa shape index (κ3) is 6.47. The summed E-state index contributed by atoms with van der Waals surface area (Å²) in [5.74, 6) is 0.387. The highest BCUT2D eigenvalue weighted by atomic mass is 79.9. The Hall–Kier alpha value is -2.49. The SMILES string of the molecule is CC(=O)Oc1cccc([C@@]23CCN(CC4CC4)C[C@@]2(OC(C)=O)CC[C@@H](NC(=O)/C=C/c2cc(Br)cs2)C3)c1. The highest BCUT2D eigenvalue weighted by molar-refractivity contribution is 9.10. The molecule has 0 spiro atoms. The number of likely N-dealkylation sites (tertiary alicyclic amines) is 1. The van der Waals surface area contributed by atoms with Gasteiger partial charge in [-0.3, -0.25) is 19.3 Å². The number of carbonyl (C=O) groups is 3. The van der Waals surface area contributed by atoms with Crippen molar-refractivity contribution in [2.45, 2.75) is 69.4 Å². The van der Waals surface area contributed by atoms with Gasteiger partial charge in [0.25, 0.3) is 0 Å². The molecule has 1 aliphatic heterocycles. The number of ether oxygens (including phenoxy) is 2. The van der Waals surface area contributed by atoms with Crippen LogP contribution in [0.25, 0.3) is 6.08 Å². The Morgan fingerprint density at radius 1 is 1.15 bits per heavy atom. The minimum Gasteiger partial charge on any atom is -0.457 e. The molecular weight excluding hydrogens is 580 g/mol. The second-order valence-corrected chi connectivity index (χ2v) is 13.0. The molecule has 0 radical (unpaired) electrons. The van der Waals surface area contributed by atoms with Crippen molar-refractivity contribution in [3.8, 4) is 5.75 Å². The van der Waals surface area contributed by atoms with Crippen LogP contribution in [0.3, 0.4) is 0 Å². The van der Waals surface area contributed by atoms with Gasteiger partial charge in [-0.2, -0.15) is 0 Å². The van der Waals surface area contributed by atoms with Crippen LogP contribution >= 0.6 is 27.3 Å². The Kier molecular flexibility index (Phi) is 8.31.